The molecule has 1 aromatic rings. The first-order valence-electron chi connectivity index (χ1n) is 14.0. The molecule has 1 rings (SSSR count). The Morgan fingerprint density at radius 1 is 0.683 bits per heavy atom. The van der Waals surface area contributed by atoms with Gasteiger partial charge in [0.15, 0.2) is 11.5 Å². The van der Waals surface area contributed by atoms with Gasteiger partial charge in [-0.2, -0.15) is 0 Å². The molecular weight excluding hydrogens is 538 g/mol. The Bertz CT molecular complexity index is 997. The Kier molecular flexibility index (Phi) is 15.6. The molecule has 12 nitrogen and oxygen atoms in total. The first-order chi connectivity index (χ1) is 19.2. The lowest BCUT2D eigenvalue weighted by Gasteiger charge is -2.22. The largest absolute Gasteiger partial charge is 0.514 e. The molecule has 41 heavy (non-hydrogen) atoms. The first-order valence-corrected chi connectivity index (χ1v) is 14.0. The van der Waals surface area contributed by atoms with Crippen LogP contribution in [-0.2, 0) is 34.9 Å². The van der Waals surface area contributed by atoms with Crippen LogP contribution in [0.4, 0.5) is 14.4 Å². The van der Waals surface area contributed by atoms with Crippen LogP contribution in [0, 0.1) is 0 Å². The molecule has 12 heteroatoms. The van der Waals surface area contributed by atoms with E-state index in [9.17, 15) is 19.2 Å². The van der Waals surface area contributed by atoms with Gasteiger partial charge in [0.1, 0.15) is 30.5 Å². The van der Waals surface area contributed by atoms with Crippen LogP contribution in [0.2, 0.25) is 0 Å². The van der Waals surface area contributed by atoms with Gasteiger partial charge in [-0.05, 0) is 78.5 Å². The van der Waals surface area contributed by atoms with Gasteiger partial charge in [-0.1, -0.05) is 32.8 Å². The molecule has 2 N–H and O–H groups in total. The van der Waals surface area contributed by atoms with Gasteiger partial charge in [0.05, 0.1) is 6.10 Å². The zero-order valence-corrected chi connectivity index (χ0v) is 25.3. The summed E-state index contributed by atoms with van der Waals surface area (Å²) in [6.45, 7) is 13.9. The molecule has 5 atom stereocenters. The highest BCUT2D eigenvalue weighted by Crippen LogP contribution is 2.30. The second-order valence-corrected chi connectivity index (χ2v) is 10.1. The molecule has 0 aliphatic heterocycles. The van der Waals surface area contributed by atoms with Crippen LogP contribution in [0.1, 0.15) is 86.6 Å². The van der Waals surface area contributed by atoms with E-state index in [1.54, 1.807) is 47.6 Å². The number of nitrogens with two attached hydrogens (primary N) is 1. The standard InChI is InChI=1S/C29H45NO11/c1-9-11-18(5)36-28(33)40-24-14-13-22(16-25(24)41-29(34)37-19(6)12-10-2)15-23(30)26(31)38-20(7)21(8)39-27(32)35-17(3)4/h13-14,16-21,23H,9-12,15,30H2,1-8H3/t18-,19?,20?,21?,23-/m0/s1. The van der Waals surface area contributed by atoms with Crippen molar-refractivity contribution in [1.82, 2.24) is 0 Å². The molecule has 0 bridgehead atoms. The maximum Gasteiger partial charge on any atom is 0.514 e. The number of esters is 1. The Hall–Kier alpha value is -3.54. The van der Waals surface area contributed by atoms with Gasteiger partial charge in [0, 0.05) is 0 Å². The van der Waals surface area contributed by atoms with Gasteiger partial charge in [-0.25, -0.2) is 14.4 Å². The van der Waals surface area contributed by atoms with Crippen molar-refractivity contribution >= 4 is 24.4 Å². The van der Waals surface area contributed by atoms with E-state index in [0.29, 0.717) is 18.4 Å². The number of carbonyl (C=O) groups is 4. The van der Waals surface area contributed by atoms with Crippen LogP contribution in [0.3, 0.4) is 0 Å². The van der Waals surface area contributed by atoms with Crippen molar-refractivity contribution in [3.8, 4) is 11.5 Å². The molecule has 0 amide bonds. The van der Waals surface area contributed by atoms with Crippen molar-refractivity contribution in [3.63, 3.8) is 0 Å². The van der Waals surface area contributed by atoms with Gasteiger partial charge >= 0.3 is 24.4 Å². The van der Waals surface area contributed by atoms with Crippen LogP contribution in [0.15, 0.2) is 18.2 Å². The third-order valence-corrected chi connectivity index (χ3v) is 5.72. The number of ether oxygens (including phenoxy) is 7. The highest BCUT2D eigenvalue weighted by Gasteiger charge is 2.26. The third kappa shape index (κ3) is 14.1. The third-order valence-electron chi connectivity index (χ3n) is 5.72. The average Bonchev–Trinajstić information content (AvgIpc) is 2.84. The van der Waals surface area contributed by atoms with E-state index in [-0.39, 0.29) is 36.2 Å². The second kappa shape index (κ2) is 18.0. The Balaban J connectivity index is 2.97. The lowest BCUT2D eigenvalue weighted by Crippen LogP contribution is -2.39. The Morgan fingerprint density at radius 2 is 1.20 bits per heavy atom. The first kappa shape index (κ1) is 35.5. The predicted octanol–water partition coefficient (Wildman–Crippen LogP) is 5.85. The second-order valence-electron chi connectivity index (χ2n) is 10.1. The molecule has 0 aromatic heterocycles. The fourth-order valence-electron chi connectivity index (χ4n) is 3.50. The molecule has 0 saturated carbocycles. The van der Waals surface area contributed by atoms with Crippen LogP contribution in [0.25, 0.3) is 0 Å². The minimum Gasteiger partial charge on any atom is -0.458 e. The van der Waals surface area contributed by atoms with E-state index in [4.69, 9.17) is 38.9 Å². The molecule has 0 saturated heterocycles. The molecule has 0 radical (unpaired) electrons. The van der Waals surface area contributed by atoms with Crippen LogP contribution in [-0.4, -0.2) is 61.0 Å². The molecule has 0 heterocycles. The van der Waals surface area contributed by atoms with Crippen molar-refractivity contribution in [3.05, 3.63) is 23.8 Å². The normalized spacial score (nSPS) is 14.6. The number of carbonyl (C=O) groups excluding carboxylic acids is 4. The summed E-state index contributed by atoms with van der Waals surface area (Å²) in [5.74, 6) is -0.934. The number of benzene rings is 1. The topological polar surface area (TPSA) is 159 Å². The van der Waals surface area contributed by atoms with E-state index >= 15 is 0 Å². The molecule has 1 aromatic carbocycles. The molecule has 0 spiro atoms. The zero-order chi connectivity index (χ0) is 31.1. The van der Waals surface area contributed by atoms with Crippen molar-refractivity contribution in [1.29, 1.82) is 0 Å². The molecule has 0 aliphatic rings. The fourth-order valence-corrected chi connectivity index (χ4v) is 3.50. The lowest BCUT2D eigenvalue weighted by molar-refractivity contribution is -0.155. The zero-order valence-electron chi connectivity index (χ0n) is 25.3. The number of hydrogen-bond donors (Lipinski definition) is 1. The van der Waals surface area contributed by atoms with Gasteiger partial charge in [0.25, 0.3) is 0 Å². The minimum atomic E-state index is -1.11. The van der Waals surface area contributed by atoms with Gasteiger partial charge in [-0.3, -0.25) is 4.79 Å². The van der Waals surface area contributed by atoms with E-state index < -0.39 is 42.7 Å². The van der Waals surface area contributed by atoms with Crippen molar-refractivity contribution < 1.29 is 52.3 Å². The molecule has 0 fully saturated rings. The average molecular weight is 584 g/mol. The van der Waals surface area contributed by atoms with E-state index in [1.807, 2.05) is 13.8 Å². The van der Waals surface area contributed by atoms with Gasteiger partial charge in [0.2, 0.25) is 0 Å². The maximum absolute atomic E-state index is 12.6. The van der Waals surface area contributed by atoms with E-state index in [1.165, 1.54) is 12.1 Å². The summed E-state index contributed by atoms with van der Waals surface area (Å²) in [6, 6.07) is 3.26. The maximum atomic E-state index is 12.6. The lowest BCUT2D eigenvalue weighted by atomic mass is 10.1. The van der Waals surface area contributed by atoms with Crippen molar-refractivity contribution in [2.75, 3.05) is 0 Å². The highest BCUT2D eigenvalue weighted by molar-refractivity contribution is 5.76. The van der Waals surface area contributed by atoms with Crippen LogP contribution >= 0.6 is 0 Å². The predicted molar refractivity (Wildman–Crippen MR) is 149 cm³/mol. The molecular formula is C29H45NO11. The van der Waals surface area contributed by atoms with Gasteiger partial charge < -0.3 is 38.9 Å². The van der Waals surface area contributed by atoms with E-state index in [2.05, 4.69) is 0 Å². The van der Waals surface area contributed by atoms with E-state index in [0.717, 1.165) is 12.8 Å². The summed E-state index contributed by atoms with van der Waals surface area (Å²) >= 11 is 0. The van der Waals surface area contributed by atoms with Crippen LogP contribution < -0.4 is 15.2 Å². The Labute approximate surface area is 242 Å². The minimum absolute atomic E-state index is 0.00785. The summed E-state index contributed by atoms with van der Waals surface area (Å²) in [7, 11) is 0. The summed E-state index contributed by atoms with van der Waals surface area (Å²) in [6.07, 6.45) is -2.61. The molecule has 3 unspecified atom stereocenters. The van der Waals surface area contributed by atoms with Gasteiger partial charge in [-0.15, -0.1) is 0 Å². The summed E-state index contributed by atoms with van der Waals surface area (Å²) < 4.78 is 36.5. The molecule has 232 valence electrons. The summed E-state index contributed by atoms with van der Waals surface area (Å²) in [5.41, 5.74) is 6.56. The summed E-state index contributed by atoms with van der Waals surface area (Å²) in [5, 5.41) is 0. The smallest absolute Gasteiger partial charge is 0.458 e. The van der Waals surface area contributed by atoms with Crippen LogP contribution in [0.5, 0.6) is 11.5 Å². The molecule has 0 aliphatic carbocycles. The van der Waals surface area contributed by atoms with Crippen molar-refractivity contribution in [2.45, 2.75) is 124 Å². The quantitative estimate of drug-likeness (QED) is 0.149. The Morgan fingerprint density at radius 3 is 1.71 bits per heavy atom. The highest BCUT2D eigenvalue weighted by atomic mass is 16.8. The summed E-state index contributed by atoms with van der Waals surface area (Å²) in [4.78, 5) is 49.0. The monoisotopic (exact) mass is 583 g/mol. The number of rotatable bonds is 15. The SMILES string of the molecule is CCCC(C)OC(=O)Oc1cc(C[C@H](N)C(=O)OC(C)C(C)OC(=O)OC(C)C)ccc1OC(=O)O[C@@H](C)CCC. The number of hydrogen-bond acceptors (Lipinski definition) is 12. The van der Waals surface area contributed by atoms with Crippen molar-refractivity contribution in [2.24, 2.45) is 5.73 Å². The fraction of sp³-hybridized carbons (Fsp3) is 0.655.